The second-order valence-electron chi connectivity index (χ2n) is 12.2. The van der Waals surface area contributed by atoms with Gasteiger partial charge in [-0.1, -0.05) is 33.1 Å². The van der Waals surface area contributed by atoms with Crippen LogP contribution in [0.4, 0.5) is 0 Å². The number of carbonyl (C=O) groups excluding carboxylic acids is 6. The molecule has 0 aromatic heterocycles. The van der Waals surface area contributed by atoms with Crippen LogP contribution in [0, 0.1) is 17.3 Å². The number of hydrogen-bond donors (Lipinski definition) is 4. The molecule has 2 saturated heterocycles. The Morgan fingerprint density at radius 1 is 1.05 bits per heavy atom. The zero-order valence-corrected chi connectivity index (χ0v) is 26.1. The first-order chi connectivity index (χ1) is 20.1. The summed E-state index contributed by atoms with van der Waals surface area (Å²) < 4.78 is 0. The Labute approximate surface area is 251 Å². The Hall–Kier alpha value is -2.82. The molecule has 4 unspecified atom stereocenters. The van der Waals surface area contributed by atoms with Crippen molar-refractivity contribution >= 4 is 35.7 Å². The van der Waals surface area contributed by atoms with Crippen molar-refractivity contribution < 1.29 is 28.8 Å². The second kappa shape index (κ2) is 18.0. The maximum absolute atomic E-state index is 12.3. The van der Waals surface area contributed by atoms with Gasteiger partial charge in [-0.25, -0.2) is 0 Å². The molecular weight excluding hydrogens is 538 g/mol. The van der Waals surface area contributed by atoms with Gasteiger partial charge in [0.15, 0.2) is 0 Å². The lowest BCUT2D eigenvalue weighted by Gasteiger charge is -2.20. The summed E-state index contributed by atoms with van der Waals surface area (Å²) in [5, 5.41) is 10.8. The van der Waals surface area contributed by atoms with Crippen LogP contribution in [0.1, 0.15) is 97.8 Å². The maximum atomic E-state index is 12.3. The van der Waals surface area contributed by atoms with E-state index >= 15 is 0 Å². The molecule has 0 spiro atoms. The van der Waals surface area contributed by atoms with E-state index in [-0.39, 0.29) is 41.5 Å². The van der Waals surface area contributed by atoms with E-state index in [1.165, 1.54) is 45.4 Å². The first-order valence-electron chi connectivity index (χ1n) is 15.9. The molecule has 11 heteroatoms. The van der Waals surface area contributed by atoms with Crippen molar-refractivity contribution in [3.63, 3.8) is 0 Å². The minimum atomic E-state index is -0.937. The molecule has 5 fully saturated rings. The largest absolute Gasteiger partial charge is 0.356 e. The van der Waals surface area contributed by atoms with E-state index in [0.717, 1.165) is 51.0 Å². The van der Waals surface area contributed by atoms with E-state index in [0.29, 0.717) is 19.5 Å². The third-order valence-electron chi connectivity index (χ3n) is 8.55. The Bertz CT molecular complexity index is 927. The number of amides is 4. The monoisotopic (exact) mass is 591 g/mol. The average Bonchev–Trinajstić information content (AvgIpc) is 3.57. The van der Waals surface area contributed by atoms with Crippen LogP contribution in [-0.2, 0) is 28.8 Å². The molecule has 0 aromatic rings. The summed E-state index contributed by atoms with van der Waals surface area (Å²) >= 11 is 0. The lowest BCUT2D eigenvalue weighted by Crippen LogP contribution is -2.49. The number of nitrogens with one attached hydrogen (secondary N) is 4. The zero-order chi connectivity index (χ0) is 31.1. The topological polar surface area (TPSA) is 154 Å². The first-order valence-corrected chi connectivity index (χ1v) is 15.9. The van der Waals surface area contributed by atoms with Crippen LogP contribution >= 0.6 is 0 Å². The Morgan fingerprint density at radius 2 is 1.69 bits per heavy atom. The molecule has 4 amide bonds. The SMILES string of the molecule is CC(=O)NC(CC1CCNC1=O)C(=O)C(=O)NC1CCCC1.CCC.CNCC(=O)N1CCCC1.O=CC12CCC1C2. The van der Waals surface area contributed by atoms with Gasteiger partial charge in [-0.15, -0.1) is 0 Å². The van der Waals surface area contributed by atoms with Gasteiger partial charge in [0.1, 0.15) is 6.29 Å². The Morgan fingerprint density at radius 3 is 2.10 bits per heavy atom. The average molecular weight is 592 g/mol. The molecule has 2 heterocycles. The number of likely N-dealkylation sites (N-methyl/N-ethyl adjacent to an activating group) is 1. The molecule has 0 bridgehead atoms. The van der Waals surface area contributed by atoms with Gasteiger partial charge in [0.05, 0.1) is 12.6 Å². The number of Topliss-reactive ketones (excluding diaryl/α,β-unsaturated/α-hetero) is 1. The first kappa shape index (κ1) is 35.4. The molecule has 4 atom stereocenters. The smallest absolute Gasteiger partial charge is 0.289 e. The van der Waals surface area contributed by atoms with Crippen molar-refractivity contribution in [2.75, 3.05) is 33.2 Å². The highest BCUT2D eigenvalue weighted by molar-refractivity contribution is 6.38. The molecule has 11 nitrogen and oxygen atoms in total. The van der Waals surface area contributed by atoms with Gasteiger partial charge in [-0.3, -0.25) is 24.0 Å². The van der Waals surface area contributed by atoms with Crippen LogP contribution in [0.15, 0.2) is 0 Å². The fourth-order valence-corrected chi connectivity index (χ4v) is 5.87. The zero-order valence-electron chi connectivity index (χ0n) is 26.1. The highest BCUT2D eigenvalue weighted by Gasteiger charge is 2.60. The van der Waals surface area contributed by atoms with Gasteiger partial charge < -0.3 is 31.0 Å². The number of rotatable bonds is 9. The Balaban J connectivity index is 0.000000250. The number of carbonyl (C=O) groups is 6. The van der Waals surface area contributed by atoms with Crippen LogP contribution in [0.25, 0.3) is 0 Å². The van der Waals surface area contributed by atoms with E-state index in [1.54, 1.807) is 7.05 Å². The summed E-state index contributed by atoms with van der Waals surface area (Å²) in [7, 11) is 1.80. The molecule has 0 aromatic carbocycles. The summed E-state index contributed by atoms with van der Waals surface area (Å²) in [6.07, 6.45) is 13.1. The number of ketones is 1. The van der Waals surface area contributed by atoms with E-state index in [1.807, 2.05) is 4.90 Å². The van der Waals surface area contributed by atoms with Gasteiger partial charge in [-0.2, -0.15) is 0 Å². The van der Waals surface area contributed by atoms with Crippen molar-refractivity contribution in [1.29, 1.82) is 0 Å². The lowest BCUT2D eigenvalue weighted by atomic mass is 9.86. The second-order valence-corrected chi connectivity index (χ2v) is 12.2. The summed E-state index contributed by atoms with van der Waals surface area (Å²) in [5.41, 5.74) is 0.250. The normalized spacial score (nSPS) is 25.8. The van der Waals surface area contributed by atoms with Gasteiger partial charge in [-0.05, 0) is 70.8 Å². The number of aldehydes is 1. The van der Waals surface area contributed by atoms with Gasteiger partial charge in [0, 0.05) is 43.9 Å². The molecule has 5 aliphatic rings. The van der Waals surface area contributed by atoms with Crippen molar-refractivity contribution in [3.05, 3.63) is 0 Å². The van der Waals surface area contributed by atoms with Gasteiger partial charge >= 0.3 is 0 Å². The third-order valence-corrected chi connectivity index (χ3v) is 8.55. The Kier molecular flexibility index (Phi) is 15.1. The number of fused-ring (bicyclic) bond motifs is 1. The molecule has 238 valence electrons. The maximum Gasteiger partial charge on any atom is 0.289 e. The quantitative estimate of drug-likeness (QED) is 0.236. The van der Waals surface area contributed by atoms with Gasteiger partial charge in [0.25, 0.3) is 5.91 Å². The van der Waals surface area contributed by atoms with E-state index in [2.05, 4.69) is 35.1 Å². The molecular formula is C31H53N5O6. The lowest BCUT2D eigenvalue weighted by molar-refractivity contribution is -0.141. The van der Waals surface area contributed by atoms with E-state index < -0.39 is 17.7 Å². The molecule has 5 rings (SSSR count). The third kappa shape index (κ3) is 11.1. The van der Waals surface area contributed by atoms with E-state index in [4.69, 9.17) is 0 Å². The minimum Gasteiger partial charge on any atom is -0.356 e. The van der Waals surface area contributed by atoms with Crippen LogP contribution in [0.5, 0.6) is 0 Å². The fourth-order valence-electron chi connectivity index (χ4n) is 5.87. The van der Waals surface area contributed by atoms with Crippen LogP contribution in [0.3, 0.4) is 0 Å². The fraction of sp³-hybridized carbons (Fsp3) is 0.806. The molecule has 0 radical (unpaired) electrons. The van der Waals surface area contributed by atoms with E-state index in [9.17, 15) is 28.8 Å². The predicted octanol–water partition coefficient (Wildman–Crippen LogP) is 1.88. The standard InChI is InChI=1S/C15H23N3O4.C7H14N2O.C6H8O.C3H8/c1-9(19)17-12(8-10-6-7-16-14(10)21)13(20)15(22)18-11-4-2-3-5-11;1-8-6-7(10)9-4-2-3-5-9;7-4-6-2-1-5(6)3-6;1-3-2/h10-12H,2-8H2,1H3,(H,16,21)(H,17,19)(H,18,22);8H,2-6H2,1H3;4-5H,1-3H2;3H2,1-2H3. The van der Waals surface area contributed by atoms with Crippen LogP contribution in [0.2, 0.25) is 0 Å². The summed E-state index contributed by atoms with van der Waals surface area (Å²) in [5.74, 6) is -1.11. The molecule has 2 aliphatic heterocycles. The number of nitrogens with zero attached hydrogens (tertiary/aromatic N) is 1. The van der Waals surface area contributed by atoms with Crippen molar-refractivity contribution in [1.82, 2.24) is 26.2 Å². The van der Waals surface area contributed by atoms with Crippen molar-refractivity contribution in [3.8, 4) is 0 Å². The molecule has 42 heavy (non-hydrogen) atoms. The predicted molar refractivity (Wildman–Crippen MR) is 160 cm³/mol. The van der Waals surface area contributed by atoms with Gasteiger partial charge in [0.2, 0.25) is 23.5 Å². The van der Waals surface area contributed by atoms with Crippen molar-refractivity contribution in [2.24, 2.45) is 17.3 Å². The summed E-state index contributed by atoms with van der Waals surface area (Å²) in [6, 6.07) is -0.892. The molecule has 4 N–H and O–H groups in total. The highest BCUT2D eigenvalue weighted by atomic mass is 16.2. The highest BCUT2D eigenvalue weighted by Crippen LogP contribution is 2.65. The molecule has 3 saturated carbocycles. The van der Waals surface area contributed by atoms with Crippen LogP contribution in [-0.4, -0.2) is 85.9 Å². The summed E-state index contributed by atoms with van der Waals surface area (Å²) in [4.78, 5) is 70.5. The molecule has 3 aliphatic carbocycles. The summed E-state index contributed by atoms with van der Waals surface area (Å²) in [6.45, 7) is 8.52. The minimum absolute atomic E-state index is 0.0456. The number of hydrogen-bond acceptors (Lipinski definition) is 7. The number of likely N-dealkylation sites (tertiary alicyclic amines) is 1. The van der Waals surface area contributed by atoms with Crippen molar-refractivity contribution in [2.45, 2.75) is 110 Å². The van der Waals surface area contributed by atoms with Crippen LogP contribution < -0.4 is 21.3 Å².